The van der Waals surface area contributed by atoms with Crippen LogP contribution in [0.1, 0.15) is 41.0 Å². The molecule has 2 heterocycles. The zero-order valence-corrected chi connectivity index (χ0v) is 19.4. The van der Waals surface area contributed by atoms with E-state index in [1.54, 1.807) is 19.1 Å². The molecule has 0 radical (unpaired) electrons. The van der Waals surface area contributed by atoms with E-state index in [-0.39, 0.29) is 6.61 Å². The van der Waals surface area contributed by atoms with E-state index in [0.29, 0.717) is 46.6 Å². The summed E-state index contributed by atoms with van der Waals surface area (Å²) in [7, 11) is 0. The Morgan fingerprint density at radius 3 is 2.61 bits per heavy atom. The van der Waals surface area contributed by atoms with E-state index >= 15 is 0 Å². The highest BCUT2D eigenvalue weighted by Crippen LogP contribution is 2.33. The third kappa shape index (κ3) is 4.18. The van der Waals surface area contributed by atoms with E-state index in [9.17, 15) is 10.1 Å². The molecule has 8 heteroatoms. The summed E-state index contributed by atoms with van der Waals surface area (Å²) in [4.78, 5) is 20.1. The maximum Gasteiger partial charge on any atom is 0.340 e. The Labute approximate surface area is 196 Å². The molecule has 33 heavy (non-hydrogen) atoms. The molecular formula is C25H23ClN4O3. The van der Waals surface area contributed by atoms with Crippen LogP contribution in [-0.2, 0) is 11.3 Å². The fourth-order valence-corrected chi connectivity index (χ4v) is 4.08. The predicted molar refractivity (Wildman–Crippen MR) is 127 cm³/mol. The fourth-order valence-electron chi connectivity index (χ4n) is 3.89. The van der Waals surface area contributed by atoms with Crippen molar-refractivity contribution in [2.24, 2.45) is 0 Å². The van der Waals surface area contributed by atoms with Crippen molar-refractivity contribution in [1.82, 2.24) is 14.5 Å². The Hall–Kier alpha value is -3.76. The summed E-state index contributed by atoms with van der Waals surface area (Å²) in [6.45, 7) is 6.73. The average molecular weight is 463 g/mol. The normalized spacial score (nSPS) is 10.9. The van der Waals surface area contributed by atoms with Crippen LogP contribution in [0.3, 0.4) is 0 Å². The molecule has 0 aliphatic carbocycles. The van der Waals surface area contributed by atoms with Crippen molar-refractivity contribution >= 4 is 28.6 Å². The van der Waals surface area contributed by atoms with Crippen molar-refractivity contribution in [3.63, 3.8) is 0 Å². The van der Waals surface area contributed by atoms with Crippen molar-refractivity contribution in [1.29, 1.82) is 5.26 Å². The summed E-state index contributed by atoms with van der Waals surface area (Å²) in [5.74, 6) is -0.397. The highest BCUT2D eigenvalue weighted by atomic mass is 35.5. The largest absolute Gasteiger partial charge is 0.465 e. The fraction of sp³-hybridized carbons (Fsp3) is 0.240. The maximum absolute atomic E-state index is 12.6. The first-order valence-corrected chi connectivity index (χ1v) is 11.0. The van der Waals surface area contributed by atoms with Crippen molar-refractivity contribution < 1.29 is 14.3 Å². The molecule has 168 valence electrons. The third-order valence-electron chi connectivity index (χ3n) is 5.38. The molecule has 0 atom stereocenters. The van der Waals surface area contributed by atoms with Gasteiger partial charge in [0, 0.05) is 5.56 Å². The number of rotatable bonds is 7. The number of nitrogens with zero attached hydrogens (tertiary/aromatic N) is 3. The van der Waals surface area contributed by atoms with Crippen molar-refractivity contribution in [3.05, 3.63) is 70.0 Å². The summed E-state index contributed by atoms with van der Waals surface area (Å²) in [6, 6.07) is 15.8. The van der Waals surface area contributed by atoms with E-state index in [2.05, 4.69) is 16.0 Å². The maximum atomic E-state index is 12.6. The molecule has 2 aromatic carbocycles. The topological polar surface area (TPSA) is 92.9 Å². The molecule has 0 aliphatic rings. The zero-order valence-electron chi connectivity index (χ0n) is 18.6. The molecule has 0 saturated carbocycles. The van der Waals surface area contributed by atoms with Gasteiger partial charge in [-0.1, -0.05) is 41.9 Å². The van der Waals surface area contributed by atoms with Crippen LogP contribution < -0.4 is 4.74 Å². The van der Waals surface area contributed by atoms with Crippen molar-refractivity contribution in [3.8, 4) is 23.2 Å². The first-order chi connectivity index (χ1) is 16.0. The van der Waals surface area contributed by atoms with Crippen molar-refractivity contribution in [2.45, 2.75) is 27.3 Å². The minimum atomic E-state index is -0.397. The van der Waals surface area contributed by atoms with Gasteiger partial charge in [-0.3, -0.25) is 4.57 Å². The van der Waals surface area contributed by atoms with Gasteiger partial charge in [-0.05, 0) is 49.6 Å². The number of aromatic nitrogens is 3. The number of ether oxygens (including phenoxy) is 2. The smallest absolute Gasteiger partial charge is 0.340 e. The molecule has 4 rings (SSSR count). The second kappa shape index (κ2) is 9.39. The number of carbonyl (C=O) groups excluding carboxylic acids is 1. The number of carbonyl (C=O) groups is 1. The van der Waals surface area contributed by atoms with Crippen LogP contribution in [0.4, 0.5) is 0 Å². The van der Waals surface area contributed by atoms with Gasteiger partial charge in [0.05, 0.1) is 36.4 Å². The second-order valence-corrected chi connectivity index (χ2v) is 7.81. The number of hydrogen-bond acceptors (Lipinski definition) is 5. The highest BCUT2D eigenvalue weighted by Gasteiger charge is 2.20. The number of aromatic amines is 1. The van der Waals surface area contributed by atoms with E-state index < -0.39 is 5.97 Å². The van der Waals surface area contributed by atoms with Gasteiger partial charge in [-0.15, -0.1) is 0 Å². The lowest BCUT2D eigenvalue weighted by Gasteiger charge is -2.12. The zero-order chi connectivity index (χ0) is 23.5. The second-order valence-electron chi connectivity index (χ2n) is 7.43. The molecule has 0 aliphatic heterocycles. The minimum absolute atomic E-state index is 0.288. The summed E-state index contributed by atoms with van der Waals surface area (Å²) in [5.41, 5.74) is 5.71. The summed E-state index contributed by atoms with van der Waals surface area (Å²) in [6.07, 6.45) is 0. The van der Waals surface area contributed by atoms with Gasteiger partial charge >= 0.3 is 5.97 Å². The van der Waals surface area contributed by atoms with Gasteiger partial charge < -0.3 is 14.5 Å². The van der Waals surface area contributed by atoms with E-state index in [4.69, 9.17) is 21.1 Å². The van der Waals surface area contributed by atoms with Gasteiger partial charge in [-0.25, -0.2) is 4.79 Å². The molecule has 0 amide bonds. The summed E-state index contributed by atoms with van der Waals surface area (Å²) >= 11 is 6.19. The third-order valence-corrected chi connectivity index (χ3v) is 5.76. The van der Waals surface area contributed by atoms with Crippen LogP contribution in [-0.4, -0.2) is 33.7 Å². The Morgan fingerprint density at radius 1 is 1.18 bits per heavy atom. The number of fused-ring (bicyclic) bond motifs is 1. The SMILES string of the molecule is CCOC(=O)c1cccc2nc(OCC)n(Cc3ccc(-c4c(C#N)[nH]c(Cl)c4C)cc3)c12. The number of nitriles is 1. The number of para-hydroxylation sites is 1. The molecular weight excluding hydrogens is 440 g/mol. The molecule has 0 bridgehead atoms. The molecule has 0 saturated heterocycles. The number of nitrogens with one attached hydrogen (secondary N) is 1. The van der Waals surface area contributed by atoms with E-state index in [1.165, 1.54) is 0 Å². The lowest BCUT2D eigenvalue weighted by atomic mass is 10.0. The molecule has 2 aromatic heterocycles. The highest BCUT2D eigenvalue weighted by molar-refractivity contribution is 6.30. The van der Waals surface area contributed by atoms with Crippen LogP contribution in [0.25, 0.3) is 22.2 Å². The Balaban J connectivity index is 1.75. The molecule has 0 unspecified atom stereocenters. The lowest BCUT2D eigenvalue weighted by molar-refractivity contribution is 0.0528. The van der Waals surface area contributed by atoms with Gasteiger partial charge in [0.2, 0.25) is 0 Å². The number of hydrogen-bond donors (Lipinski definition) is 1. The minimum Gasteiger partial charge on any atom is -0.465 e. The van der Waals surface area contributed by atoms with E-state index in [1.807, 2.05) is 48.7 Å². The van der Waals surface area contributed by atoms with Crippen LogP contribution in [0.5, 0.6) is 6.01 Å². The first-order valence-electron chi connectivity index (χ1n) is 10.6. The number of halogens is 1. The summed E-state index contributed by atoms with van der Waals surface area (Å²) in [5, 5.41) is 9.89. The Morgan fingerprint density at radius 2 is 1.94 bits per heavy atom. The monoisotopic (exact) mass is 462 g/mol. The molecule has 0 spiro atoms. The molecule has 1 N–H and O–H groups in total. The number of imidazole rings is 1. The van der Waals surface area contributed by atoms with Crippen LogP contribution in [0.15, 0.2) is 42.5 Å². The van der Waals surface area contributed by atoms with Crippen LogP contribution in [0.2, 0.25) is 5.15 Å². The lowest BCUT2D eigenvalue weighted by Crippen LogP contribution is -2.10. The molecule has 0 fully saturated rings. The van der Waals surface area contributed by atoms with Crippen molar-refractivity contribution in [2.75, 3.05) is 13.2 Å². The predicted octanol–water partition coefficient (Wildman–Crippen LogP) is 5.49. The van der Waals surface area contributed by atoms with Gasteiger partial charge in [-0.2, -0.15) is 10.2 Å². The number of H-pyrrole nitrogens is 1. The first kappa shape index (κ1) is 22.4. The molecule has 4 aromatic rings. The van der Waals surface area contributed by atoms with E-state index in [0.717, 1.165) is 22.3 Å². The quantitative estimate of drug-likeness (QED) is 0.366. The number of benzene rings is 2. The standard InChI is InChI=1S/C25H23ClN4O3/c1-4-32-24(31)18-7-6-8-19-22(18)30(25(29-19)33-5-2)14-16-9-11-17(12-10-16)21-15(3)23(26)28-20(21)13-27/h6-12,28H,4-5,14H2,1-3H3. The van der Waals surface area contributed by atoms with Gasteiger partial charge in [0.25, 0.3) is 6.01 Å². The molecule has 7 nitrogen and oxygen atoms in total. The van der Waals surface area contributed by atoms with Crippen LogP contribution >= 0.6 is 11.6 Å². The van der Waals surface area contributed by atoms with Crippen LogP contribution in [0, 0.1) is 18.3 Å². The average Bonchev–Trinajstić information content (AvgIpc) is 3.31. The summed E-state index contributed by atoms with van der Waals surface area (Å²) < 4.78 is 12.9. The Bertz CT molecular complexity index is 1360. The number of esters is 1. The van der Waals surface area contributed by atoms with Gasteiger partial charge in [0.1, 0.15) is 16.9 Å². The van der Waals surface area contributed by atoms with Gasteiger partial charge in [0.15, 0.2) is 0 Å². The Kier molecular flexibility index (Phi) is 6.38.